The highest BCUT2D eigenvalue weighted by Gasteiger charge is 2.14. The van der Waals surface area contributed by atoms with Crippen LogP contribution in [-0.2, 0) is 6.42 Å². The largest absolute Gasteiger partial charge is 0.324 e. The van der Waals surface area contributed by atoms with Crippen molar-refractivity contribution in [2.24, 2.45) is 5.73 Å². The summed E-state index contributed by atoms with van der Waals surface area (Å²) in [6, 6.07) is 10.2. The van der Waals surface area contributed by atoms with E-state index in [0.29, 0.717) is 12.0 Å². The van der Waals surface area contributed by atoms with Crippen molar-refractivity contribution in [1.82, 2.24) is 0 Å². The number of hydrogen-bond acceptors (Lipinski definition) is 1. The van der Waals surface area contributed by atoms with Crippen molar-refractivity contribution in [3.05, 3.63) is 70.2 Å². The molecule has 0 spiro atoms. The van der Waals surface area contributed by atoms with Gasteiger partial charge in [0, 0.05) is 11.6 Å². The standard InChI is InChI=1S/C14H12ClF2N/c15-12-3-1-2-11(14(12)17)13(18)8-9-4-6-10(16)7-5-9/h1-7,13H,8,18H2. The molecule has 4 heteroatoms. The van der Waals surface area contributed by atoms with Crippen LogP contribution in [0.4, 0.5) is 8.78 Å². The Balaban J connectivity index is 2.19. The van der Waals surface area contributed by atoms with E-state index in [2.05, 4.69) is 0 Å². The van der Waals surface area contributed by atoms with E-state index < -0.39 is 11.9 Å². The zero-order valence-electron chi connectivity index (χ0n) is 9.54. The van der Waals surface area contributed by atoms with Gasteiger partial charge < -0.3 is 5.73 Å². The van der Waals surface area contributed by atoms with Crippen LogP contribution in [0.3, 0.4) is 0 Å². The average molecular weight is 268 g/mol. The maximum absolute atomic E-state index is 13.7. The zero-order valence-corrected chi connectivity index (χ0v) is 10.3. The summed E-state index contributed by atoms with van der Waals surface area (Å²) >= 11 is 5.70. The Morgan fingerprint density at radius 1 is 1.06 bits per heavy atom. The molecule has 2 N–H and O–H groups in total. The summed E-state index contributed by atoms with van der Waals surface area (Å²) in [6.45, 7) is 0. The van der Waals surface area contributed by atoms with Crippen LogP contribution in [0.15, 0.2) is 42.5 Å². The van der Waals surface area contributed by atoms with E-state index in [1.807, 2.05) is 0 Å². The van der Waals surface area contributed by atoms with Crippen molar-refractivity contribution < 1.29 is 8.78 Å². The Morgan fingerprint density at radius 2 is 1.72 bits per heavy atom. The first kappa shape index (κ1) is 13.0. The highest BCUT2D eigenvalue weighted by molar-refractivity contribution is 6.30. The van der Waals surface area contributed by atoms with E-state index in [1.165, 1.54) is 18.2 Å². The molecule has 0 radical (unpaired) electrons. The van der Waals surface area contributed by atoms with Gasteiger partial charge >= 0.3 is 0 Å². The number of hydrogen-bond donors (Lipinski definition) is 1. The fourth-order valence-corrected chi connectivity index (χ4v) is 1.97. The fourth-order valence-electron chi connectivity index (χ4n) is 1.79. The van der Waals surface area contributed by atoms with Gasteiger partial charge in [-0.15, -0.1) is 0 Å². The van der Waals surface area contributed by atoms with Gasteiger partial charge in [0.05, 0.1) is 5.02 Å². The molecule has 0 fully saturated rings. The van der Waals surface area contributed by atoms with Crippen LogP contribution in [-0.4, -0.2) is 0 Å². The van der Waals surface area contributed by atoms with Gasteiger partial charge in [0.25, 0.3) is 0 Å². The van der Waals surface area contributed by atoms with Gasteiger partial charge in [-0.05, 0) is 30.2 Å². The monoisotopic (exact) mass is 267 g/mol. The molecule has 18 heavy (non-hydrogen) atoms. The molecule has 0 aliphatic carbocycles. The second-order valence-electron chi connectivity index (χ2n) is 4.08. The van der Waals surface area contributed by atoms with Gasteiger partial charge in [-0.25, -0.2) is 8.78 Å². The van der Waals surface area contributed by atoms with Crippen LogP contribution in [0, 0.1) is 11.6 Å². The maximum Gasteiger partial charge on any atom is 0.146 e. The fraction of sp³-hybridized carbons (Fsp3) is 0.143. The SMILES string of the molecule is NC(Cc1ccc(F)cc1)c1cccc(Cl)c1F. The first-order valence-corrected chi connectivity index (χ1v) is 5.89. The van der Waals surface area contributed by atoms with Crippen LogP contribution >= 0.6 is 11.6 Å². The maximum atomic E-state index is 13.7. The Bertz CT molecular complexity index is 540. The van der Waals surface area contributed by atoms with Crippen LogP contribution in [0.25, 0.3) is 0 Å². The van der Waals surface area contributed by atoms with Gasteiger partial charge in [0.1, 0.15) is 11.6 Å². The number of rotatable bonds is 3. The number of halogens is 3. The van der Waals surface area contributed by atoms with E-state index in [1.54, 1.807) is 24.3 Å². The minimum absolute atomic E-state index is 0.0575. The van der Waals surface area contributed by atoms with E-state index in [9.17, 15) is 8.78 Å². The van der Waals surface area contributed by atoms with Crippen molar-refractivity contribution in [2.45, 2.75) is 12.5 Å². The van der Waals surface area contributed by atoms with E-state index >= 15 is 0 Å². The van der Waals surface area contributed by atoms with E-state index in [0.717, 1.165) is 5.56 Å². The molecule has 94 valence electrons. The highest BCUT2D eigenvalue weighted by Crippen LogP contribution is 2.24. The Labute approximate surface area is 109 Å². The summed E-state index contributed by atoms with van der Waals surface area (Å²) in [5.41, 5.74) is 7.16. The van der Waals surface area contributed by atoms with Gasteiger partial charge in [-0.3, -0.25) is 0 Å². The first-order valence-electron chi connectivity index (χ1n) is 5.52. The lowest BCUT2D eigenvalue weighted by atomic mass is 9.99. The molecule has 2 aromatic carbocycles. The second-order valence-corrected chi connectivity index (χ2v) is 4.49. The molecule has 1 unspecified atom stereocenters. The quantitative estimate of drug-likeness (QED) is 0.898. The van der Waals surface area contributed by atoms with Crippen LogP contribution in [0.1, 0.15) is 17.2 Å². The molecular weight excluding hydrogens is 256 g/mol. The molecule has 2 rings (SSSR count). The topological polar surface area (TPSA) is 26.0 Å². The molecule has 0 bridgehead atoms. The molecule has 0 aliphatic rings. The third-order valence-corrected chi connectivity index (χ3v) is 3.04. The Hall–Kier alpha value is -1.45. The van der Waals surface area contributed by atoms with Crippen LogP contribution in [0.2, 0.25) is 5.02 Å². The van der Waals surface area contributed by atoms with E-state index in [4.69, 9.17) is 17.3 Å². The van der Waals surface area contributed by atoms with Crippen molar-refractivity contribution in [3.8, 4) is 0 Å². The summed E-state index contributed by atoms with van der Waals surface area (Å²) in [5, 5.41) is 0.0575. The van der Waals surface area contributed by atoms with Crippen LogP contribution < -0.4 is 5.73 Å². The second kappa shape index (κ2) is 5.46. The summed E-state index contributed by atoms with van der Waals surface area (Å²) < 4.78 is 26.5. The smallest absolute Gasteiger partial charge is 0.146 e. The number of benzene rings is 2. The molecule has 0 aliphatic heterocycles. The Kier molecular flexibility index (Phi) is 3.94. The minimum Gasteiger partial charge on any atom is -0.324 e. The predicted molar refractivity (Wildman–Crippen MR) is 68.4 cm³/mol. The molecule has 0 saturated heterocycles. The van der Waals surface area contributed by atoms with Gasteiger partial charge in [-0.1, -0.05) is 35.9 Å². The lowest BCUT2D eigenvalue weighted by molar-refractivity contribution is 0.580. The molecule has 2 aromatic rings. The number of nitrogens with two attached hydrogens (primary N) is 1. The molecule has 1 atom stereocenters. The summed E-state index contributed by atoms with van der Waals surface area (Å²) in [5.74, 6) is -0.796. The average Bonchev–Trinajstić information content (AvgIpc) is 2.35. The third kappa shape index (κ3) is 2.86. The summed E-state index contributed by atoms with van der Waals surface area (Å²) in [4.78, 5) is 0. The zero-order chi connectivity index (χ0) is 13.1. The van der Waals surface area contributed by atoms with E-state index in [-0.39, 0.29) is 10.8 Å². The molecular formula is C14H12ClF2N. The highest BCUT2D eigenvalue weighted by atomic mass is 35.5. The molecule has 0 saturated carbocycles. The third-order valence-electron chi connectivity index (χ3n) is 2.75. The minimum atomic E-state index is -0.505. The molecule has 0 amide bonds. The molecule has 1 nitrogen and oxygen atoms in total. The predicted octanol–water partition coefficient (Wildman–Crippen LogP) is 3.86. The van der Waals surface area contributed by atoms with Crippen molar-refractivity contribution in [1.29, 1.82) is 0 Å². The Morgan fingerprint density at radius 3 is 2.39 bits per heavy atom. The van der Waals surface area contributed by atoms with Crippen LogP contribution in [0.5, 0.6) is 0 Å². The summed E-state index contributed by atoms with van der Waals surface area (Å²) in [7, 11) is 0. The molecule has 0 aromatic heterocycles. The van der Waals surface area contributed by atoms with Crippen molar-refractivity contribution >= 4 is 11.6 Å². The molecule has 0 heterocycles. The summed E-state index contributed by atoms with van der Waals surface area (Å²) in [6.07, 6.45) is 0.428. The first-order chi connectivity index (χ1) is 8.58. The van der Waals surface area contributed by atoms with Crippen molar-refractivity contribution in [3.63, 3.8) is 0 Å². The van der Waals surface area contributed by atoms with Gasteiger partial charge in [0.15, 0.2) is 0 Å². The lowest BCUT2D eigenvalue weighted by Gasteiger charge is -2.13. The normalized spacial score (nSPS) is 12.4. The van der Waals surface area contributed by atoms with Gasteiger partial charge in [-0.2, -0.15) is 0 Å². The van der Waals surface area contributed by atoms with Crippen molar-refractivity contribution in [2.75, 3.05) is 0 Å². The van der Waals surface area contributed by atoms with Gasteiger partial charge in [0.2, 0.25) is 0 Å². The lowest BCUT2D eigenvalue weighted by Crippen LogP contribution is -2.15.